The molecule has 0 spiro atoms. The van der Waals surface area contributed by atoms with Crippen LogP contribution in [0.5, 0.6) is 17.4 Å². The van der Waals surface area contributed by atoms with E-state index in [0.717, 1.165) is 30.0 Å². The fraction of sp³-hybridized carbons (Fsp3) is 0.500. The van der Waals surface area contributed by atoms with Crippen molar-refractivity contribution in [1.82, 2.24) is 19.5 Å². The Morgan fingerprint density at radius 2 is 2.04 bits per heavy atom. The van der Waals surface area contributed by atoms with Crippen molar-refractivity contribution in [3.63, 3.8) is 0 Å². The summed E-state index contributed by atoms with van der Waals surface area (Å²) in [4.78, 5) is 8.44. The summed E-state index contributed by atoms with van der Waals surface area (Å²) >= 11 is 1.49. The fourth-order valence-corrected chi connectivity index (χ4v) is 5.20. The molecule has 4 rings (SSSR count). The summed E-state index contributed by atoms with van der Waals surface area (Å²) in [7, 11) is 3.28. The first-order valence-corrected chi connectivity index (χ1v) is 10.3. The molecule has 3 heterocycles. The minimum atomic E-state index is -0.0867. The van der Waals surface area contributed by atoms with E-state index in [2.05, 4.69) is 21.9 Å². The van der Waals surface area contributed by atoms with Crippen LogP contribution in [0.25, 0.3) is 4.96 Å². The molecular weight excluding hydrogens is 376 g/mol. The van der Waals surface area contributed by atoms with E-state index in [9.17, 15) is 5.11 Å². The fourth-order valence-electron chi connectivity index (χ4n) is 4.04. The third-order valence-corrected chi connectivity index (χ3v) is 6.40. The van der Waals surface area contributed by atoms with Crippen LogP contribution in [-0.2, 0) is 0 Å². The molecule has 0 unspecified atom stereocenters. The number of aryl methyl sites for hydroxylation is 1. The van der Waals surface area contributed by atoms with Gasteiger partial charge in [0.1, 0.15) is 5.82 Å². The molecule has 0 radical (unpaired) electrons. The van der Waals surface area contributed by atoms with Crippen molar-refractivity contribution in [2.75, 3.05) is 27.3 Å². The molecule has 7 nitrogen and oxygen atoms in total. The summed E-state index contributed by atoms with van der Waals surface area (Å²) in [6, 6.07) is 5.89. The van der Waals surface area contributed by atoms with Crippen LogP contribution in [0.4, 0.5) is 0 Å². The molecule has 2 aromatic heterocycles. The summed E-state index contributed by atoms with van der Waals surface area (Å²) < 4.78 is 12.5. The van der Waals surface area contributed by atoms with Crippen LogP contribution in [0.3, 0.4) is 0 Å². The summed E-state index contributed by atoms with van der Waals surface area (Å²) in [6.07, 6.45) is 2.38. The Hall–Kier alpha value is -2.32. The average Bonchev–Trinajstić information content (AvgIpc) is 3.19. The molecule has 1 aliphatic rings. The number of piperidine rings is 1. The number of hydrogen-bond acceptors (Lipinski definition) is 7. The second kappa shape index (κ2) is 7.60. The molecule has 0 aliphatic carbocycles. The Bertz CT molecular complexity index is 983. The number of benzene rings is 1. The second-order valence-corrected chi connectivity index (χ2v) is 8.41. The molecule has 2 atom stereocenters. The number of aromatic nitrogens is 3. The van der Waals surface area contributed by atoms with Gasteiger partial charge in [0.25, 0.3) is 0 Å². The zero-order valence-corrected chi connectivity index (χ0v) is 17.5. The molecule has 0 saturated carbocycles. The maximum Gasteiger partial charge on any atom is 0.230 e. The van der Waals surface area contributed by atoms with Gasteiger partial charge in [-0.1, -0.05) is 24.3 Å². The molecule has 1 aliphatic heterocycles. The highest BCUT2D eigenvalue weighted by molar-refractivity contribution is 7.17. The van der Waals surface area contributed by atoms with Crippen LogP contribution in [0.2, 0.25) is 0 Å². The van der Waals surface area contributed by atoms with Gasteiger partial charge < -0.3 is 14.6 Å². The zero-order chi connectivity index (χ0) is 19.8. The number of thiazole rings is 1. The minimum absolute atomic E-state index is 0.0867. The highest BCUT2D eigenvalue weighted by Gasteiger charge is 2.32. The van der Waals surface area contributed by atoms with Crippen molar-refractivity contribution in [1.29, 1.82) is 0 Å². The number of ether oxygens (including phenoxy) is 2. The Balaban J connectivity index is 1.84. The van der Waals surface area contributed by atoms with Gasteiger partial charge in [-0.2, -0.15) is 4.52 Å². The number of nitrogens with zero attached hydrogens (tertiary/aromatic N) is 4. The highest BCUT2D eigenvalue weighted by atomic mass is 32.1. The van der Waals surface area contributed by atoms with Gasteiger partial charge in [-0.15, -0.1) is 5.10 Å². The monoisotopic (exact) mass is 402 g/mol. The highest BCUT2D eigenvalue weighted by Crippen LogP contribution is 2.43. The van der Waals surface area contributed by atoms with Gasteiger partial charge in [0.05, 0.1) is 25.1 Å². The Morgan fingerprint density at radius 3 is 2.71 bits per heavy atom. The number of fused-ring (bicyclic) bond motifs is 1. The Labute approximate surface area is 168 Å². The molecule has 1 saturated heterocycles. The summed E-state index contributed by atoms with van der Waals surface area (Å²) in [5.41, 5.74) is 1.06. The van der Waals surface area contributed by atoms with Gasteiger partial charge in [0.15, 0.2) is 11.5 Å². The Morgan fingerprint density at radius 1 is 1.25 bits per heavy atom. The first-order valence-electron chi connectivity index (χ1n) is 9.52. The normalized spacial score (nSPS) is 19.1. The van der Waals surface area contributed by atoms with E-state index in [0.29, 0.717) is 28.2 Å². The first-order chi connectivity index (χ1) is 13.5. The summed E-state index contributed by atoms with van der Waals surface area (Å²) in [5, 5.41) is 15.3. The van der Waals surface area contributed by atoms with Crippen molar-refractivity contribution in [2.45, 2.75) is 32.7 Å². The quantitative estimate of drug-likeness (QED) is 0.702. The second-order valence-electron chi connectivity index (χ2n) is 7.40. The van der Waals surface area contributed by atoms with Gasteiger partial charge in [0.2, 0.25) is 10.8 Å². The maximum atomic E-state index is 10.9. The molecule has 3 aromatic rings. The lowest BCUT2D eigenvalue weighted by Gasteiger charge is -2.37. The lowest BCUT2D eigenvalue weighted by molar-refractivity contribution is 0.149. The molecule has 0 bridgehead atoms. The molecule has 8 heteroatoms. The van der Waals surface area contributed by atoms with Crippen LogP contribution in [0.1, 0.15) is 42.1 Å². The van der Waals surface area contributed by atoms with E-state index in [1.165, 1.54) is 22.3 Å². The van der Waals surface area contributed by atoms with Crippen molar-refractivity contribution < 1.29 is 14.6 Å². The van der Waals surface area contributed by atoms with Gasteiger partial charge in [-0.3, -0.25) is 4.90 Å². The van der Waals surface area contributed by atoms with E-state index in [1.54, 1.807) is 14.2 Å². The number of hydrogen-bond donors (Lipinski definition) is 1. The van der Waals surface area contributed by atoms with Crippen molar-refractivity contribution in [3.8, 4) is 17.4 Å². The van der Waals surface area contributed by atoms with Crippen molar-refractivity contribution >= 4 is 16.3 Å². The molecule has 150 valence electrons. The van der Waals surface area contributed by atoms with Gasteiger partial charge in [0, 0.05) is 6.54 Å². The van der Waals surface area contributed by atoms with Crippen molar-refractivity contribution in [3.05, 3.63) is 34.5 Å². The number of methoxy groups -OCH3 is 2. The Kier molecular flexibility index (Phi) is 5.16. The van der Waals surface area contributed by atoms with E-state index in [4.69, 9.17) is 9.47 Å². The van der Waals surface area contributed by atoms with Crippen LogP contribution < -0.4 is 9.47 Å². The summed E-state index contributed by atoms with van der Waals surface area (Å²) in [5.74, 6) is 2.81. The number of rotatable bonds is 5. The van der Waals surface area contributed by atoms with Gasteiger partial charge >= 0.3 is 0 Å². The predicted octanol–water partition coefficient (Wildman–Crippen LogP) is 3.64. The lowest BCUT2D eigenvalue weighted by atomic mass is 9.95. The summed E-state index contributed by atoms with van der Waals surface area (Å²) in [6.45, 7) is 6.07. The smallest absolute Gasteiger partial charge is 0.230 e. The molecular formula is C20H26N4O3S. The predicted molar refractivity (Wildman–Crippen MR) is 109 cm³/mol. The van der Waals surface area contributed by atoms with E-state index in [-0.39, 0.29) is 11.9 Å². The van der Waals surface area contributed by atoms with Gasteiger partial charge in [-0.25, -0.2) is 4.98 Å². The standard InChI is InChI=1S/C20H26N4O3S/c1-12-6-5-9-23(11-12)17(14-7-8-15(26-3)16(10-14)27-4)18-19(25)24-20(28-18)21-13(2)22-24/h7-8,10,12,17,25H,5-6,9,11H2,1-4H3/t12-,17-/m1/s1. The molecule has 1 fully saturated rings. The van der Waals surface area contributed by atoms with Crippen LogP contribution >= 0.6 is 11.3 Å². The molecule has 28 heavy (non-hydrogen) atoms. The SMILES string of the molecule is COc1ccc([C@H](c2sc3nc(C)nn3c2O)N2CCC[C@@H](C)C2)cc1OC. The number of aromatic hydroxyl groups is 1. The molecule has 1 N–H and O–H groups in total. The third kappa shape index (κ3) is 3.31. The minimum Gasteiger partial charge on any atom is -0.493 e. The molecule has 1 aromatic carbocycles. The van der Waals surface area contributed by atoms with Crippen LogP contribution in [0, 0.1) is 12.8 Å². The topological polar surface area (TPSA) is 72.1 Å². The van der Waals surface area contributed by atoms with E-state index >= 15 is 0 Å². The average molecular weight is 403 g/mol. The lowest BCUT2D eigenvalue weighted by Crippen LogP contribution is -2.37. The van der Waals surface area contributed by atoms with E-state index < -0.39 is 0 Å². The maximum absolute atomic E-state index is 10.9. The van der Waals surface area contributed by atoms with Gasteiger partial charge in [-0.05, 0) is 49.9 Å². The molecule has 0 amide bonds. The number of likely N-dealkylation sites (tertiary alicyclic amines) is 1. The zero-order valence-electron chi connectivity index (χ0n) is 16.7. The van der Waals surface area contributed by atoms with Crippen LogP contribution in [-0.4, -0.2) is 51.9 Å². The van der Waals surface area contributed by atoms with E-state index in [1.807, 2.05) is 25.1 Å². The largest absolute Gasteiger partial charge is 0.493 e. The van der Waals surface area contributed by atoms with Crippen molar-refractivity contribution in [2.24, 2.45) is 5.92 Å². The van der Waals surface area contributed by atoms with Crippen LogP contribution in [0.15, 0.2) is 18.2 Å². The third-order valence-electron chi connectivity index (χ3n) is 5.33. The first kappa shape index (κ1) is 19.0.